The molecule has 1 saturated heterocycles. The van der Waals surface area contributed by atoms with Crippen molar-refractivity contribution in [1.29, 1.82) is 0 Å². The van der Waals surface area contributed by atoms with Gasteiger partial charge in [0.2, 0.25) is 0 Å². The van der Waals surface area contributed by atoms with E-state index in [4.69, 9.17) is 0 Å². The molecule has 6 nitrogen and oxygen atoms in total. The van der Waals surface area contributed by atoms with E-state index in [1.807, 2.05) is 12.1 Å². The van der Waals surface area contributed by atoms with Gasteiger partial charge in [-0.2, -0.15) is 0 Å². The number of carbonyl (C=O) groups is 1. The van der Waals surface area contributed by atoms with Crippen LogP contribution in [0.25, 0.3) is 11.1 Å². The minimum Gasteiger partial charge on any atom is -0.406 e. The van der Waals surface area contributed by atoms with Crippen molar-refractivity contribution in [2.75, 3.05) is 23.3 Å². The monoisotopic (exact) mass is 470 g/mol. The first-order valence-electron chi connectivity index (χ1n) is 10.8. The van der Waals surface area contributed by atoms with Crippen LogP contribution in [0.15, 0.2) is 61.1 Å². The number of ether oxygens (including phenoxy) is 1. The molecule has 0 atom stereocenters. The normalized spacial score (nSPS) is 14.5. The molecule has 1 aromatic carbocycles. The number of hydrogen-bond donors (Lipinski definition) is 1. The predicted octanol–water partition coefficient (Wildman–Crippen LogP) is 5.78. The number of aromatic nitrogens is 2. The van der Waals surface area contributed by atoms with Gasteiger partial charge < -0.3 is 15.0 Å². The lowest BCUT2D eigenvalue weighted by Gasteiger charge is -2.47. The summed E-state index contributed by atoms with van der Waals surface area (Å²) in [6.45, 7) is 8.42. The number of pyridine rings is 2. The molecule has 1 fully saturated rings. The molecule has 3 heterocycles. The first-order valence-corrected chi connectivity index (χ1v) is 10.8. The summed E-state index contributed by atoms with van der Waals surface area (Å²) in [6, 6.07) is 10.5. The number of nitrogens with zero attached hydrogens (tertiary/aromatic N) is 3. The number of halogens is 3. The highest BCUT2D eigenvalue weighted by Gasteiger charge is 2.37. The van der Waals surface area contributed by atoms with Crippen LogP contribution < -0.4 is 15.0 Å². The highest BCUT2D eigenvalue weighted by molar-refractivity contribution is 6.05. The Bertz CT molecular complexity index is 1150. The van der Waals surface area contributed by atoms with Crippen LogP contribution in [-0.2, 0) is 0 Å². The van der Waals surface area contributed by atoms with Crippen LogP contribution in [0.4, 0.5) is 24.7 Å². The Kier molecular flexibility index (Phi) is 6.20. The topological polar surface area (TPSA) is 67.4 Å². The Labute approximate surface area is 195 Å². The van der Waals surface area contributed by atoms with Crippen LogP contribution in [0.3, 0.4) is 0 Å². The van der Waals surface area contributed by atoms with E-state index in [0.29, 0.717) is 17.2 Å². The largest absolute Gasteiger partial charge is 0.573 e. The molecular weight excluding hydrogens is 445 g/mol. The van der Waals surface area contributed by atoms with Crippen LogP contribution in [0.5, 0.6) is 5.75 Å². The van der Waals surface area contributed by atoms with Gasteiger partial charge in [0.05, 0.1) is 5.56 Å². The molecule has 0 radical (unpaired) electrons. The van der Waals surface area contributed by atoms with E-state index in [1.54, 1.807) is 18.5 Å². The maximum atomic E-state index is 12.9. The number of rotatable bonds is 5. The standard InChI is InChI=1S/C25H25F3N4O2/c1-24(2,3)18-14-32(15-18)22-21(16-5-4-10-29-12-16)11-17(13-30-22)23(33)31-19-6-8-20(9-7-19)34-25(26,27)28/h4-13,18H,14-15H2,1-3H3,(H,31,33). The molecule has 1 amide bonds. The zero-order valence-electron chi connectivity index (χ0n) is 19.1. The smallest absolute Gasteiger partial charge is 0.406 e. The number of carbonyl (C=O) groups excluding carboxylic acids is 1. The summed E-state index contributed by atoms with van der Waals surface area (Å²) < 4.78 is 40.9. The molecule has 0 bridgehead atoms. The van der Waals surface area contributed by atoms with Crippen LogP contribution >= 0.6 is 0 Å². The number of hydrogen-bond acceptors (Lipinski definition) is 5. The summed E-state index contributed by atoms with van der Waals surface area (Å²) >= 11 is 0. The summed E-state index contributed by atoms with van der Waals surface area (Å²) in [4.78, 5) is 23.9. The van der Waals surface area contributed by atoms with E-state index < -0.39 is 12.3 Å². The summed E-state index contributed by atoms with van der Waals surface area (Å²) in [5, 5.41) is 2.69. The van der Waals surface area contributed by atoms with Crippen molar-refractivity contribution in [3.05, 3.63) is 66.6 Å². The van der Waals surface area contributed by atoms with Gasteiger partial charge in [0.25, 0.3) is 5.91 Å². The van der Waals surface area contributed by atoms with Crippen LogP contribution in [-0.4, -0.2) is 35.3 Å². The lowest BCUT2D eigenvalue weighted by molar-refractivity contribution is -0.274. The Morgan fingerprint density at radius 2 is 1.79 bits per heavy atom. The van der Waals surface area contributed by atoms with Crippen molar-refractivity contribution >= 4 is 17.4 Å². The van der Waals surface area contributed by atoms with Crippen molar-refractivity contribution in [1.82, 2.24) is 9.97 Å². The van der Waals surface area contributed by atoms with Gasteiger partial charge in [0, 0.05) is 48.5 Å². The van der Waals surface area contributed by atoms with Gasteiger partial charge in [0.15, 0.2) is 0 Å². The maximum absolute atomic E-state index is 12.9. The molecule has 9 heteroatoms. The van der Waals surface area contributed by atoms with Crippen molar-refractivity contribution in [2.24, 2.45) is 11.3 Å². The molecule has 1 aliphatic rings. The number of anilines is 2. The van der Waals surface area contributed by atoms with Crippen LogP contribution in [0, 0.1) is 11.3 Å². The van der Waals surface area contributed by atoms with Crippen molar-refractivity contribution in [3.63, 3.8) is 0 Å². The summed E-state index contributed by atoms with van der Waals surface area (Å²) in [7, 11) is 0. The second-order valence-corrected chi connectivity index (χ2v) is 9.33. The minimum absolute atomic E-state index is 0.200. The van der Waals surface area contributed by atoms with Gasteiger partial charge in [-0.05, 0) is 47.7 Å². The number of alkyl halides is 3. The third kappa shape index (κ3) is 5.47. The average Bonchev–Trinajstić information content (AvgIpc) is 2.73. The van der Waals surface area contributed by atoms with E-state index >= 15 is 0 Å². The Morgan fingerprint density at radius 3 is 2.38 bits per heavy atom. The van der Waals surface area contributed by atoms with E-state index in [9.17, 15) is 18.0 Å². The average molecular weight is 470 g/mol. The molecule has 4 rings (SSSR count). The molecule has 34 heavy (non-hydrogen) atoms. The van der Waals surface area contributed by atoms with E-state index in [2.05, 4.69) is 45.7 Å². The fraction of sp³-hybridized carbons (Fsp3) is 0.320. The number of nitrogens with one attached hydrogen (secondary N) is 1. The van der Waals surface area contributed by atoms with Gasteiger partial charge in [-0.15, -0.1) is 13.2 Å². The summed E-state index contributed by atoms with van der Waals surface area (Å²) in [5.74, 6) is 0.547. The second-order valence-electron chi connectivity index (χ2n) is 9.33. The Morgan fingerprint density at radius 1 is 1.09 bits per heavy atom. The van der Waals surface area contributed by atoms with Gasteiger partial charge >= 0.3 is 6.36 Å². The lowest BCUT2D eigenvalue weighted by atomic mass is 9.76. The fourth-order valence-electron chi connectivity index (χ4n) is 3.71. The van der Waals surface area contributed by atoms with Crippen molar-refractivity contribution < 1.29 is 22.7 Å². The third-order valence-corrected chi connectivity index (χ3v) is 5.85. The Hall–Kier alpha value is -3.62. The highest BCUT2D eigenvalue weighted by Crippen LogP contribution is 2.39. The third-order valence-electron chi connectivity index (χ3n) is 5.85. The molecule has 0 spiro atoms. The minimum atomic E-state index is -4.77. The zero-order valence-corrected chi connectivity index (χ0v) is 19.1. The first-order chi connectivity index (χ1) is 16.0. The first kappa shape index (κ1) is 23.5. The molecule has 0 saturated carbocycles. The highest BCUT2D eigenvalue weighted by atomic mass is 19.4. The zero-order chi connectivity index (χ0) is 24.5. The molecule has 0 unspecified atom stereocenters. The van der Waals surface area contributed by atoms with Crippen molar-refractivity contribution in [2.45, 2.75) is 27.1 Å². The van der Waals surface area contributed by atoms with Gasteiger partial charge in [-0.3, -0.25) is 9.78 Å². The quantitative estimate of drug-likeness (QED) is 0.512. The number of benzene rings is 1. The summed E-state index contributed by atoms with van der Waals surface area (Å²) in [6.07, 6.45) is 0.140. The molecule has 0 aliphatic carbocycles. The molecule has 178 valence electrons. The summed E-state index contributed by atoms with van der Waals surface area (Å²) in [5.41, 5.74) is 2.49. The van der Waals surface area contributed by atoms with E-state index in [1.165, 1.54) is 18.3 Å². The van der Waals surface area contributed by atoms with Gasteiger partial charge in [0.1, 0.15) is 11.6 Å². The van der Waals surface area contributed by atoms with Crippen LogP contribution in [0.1, 0.15) is 31.1 Å². The molecule has 3 aromatic rings. The van der Waals surface area contributed by atoms with E-state index in [-0.39, 0.29) is 11.2 Å². The molecule has 2 aromatic heterocycles. The molecular formula is C25H25F3N4O2. The van der Waals surface area contributed by atoms with E-state index in [0.717, 1.165) is 42.2 Å². The van der Waals surface area contributed by atoms with Gasteiger partial charge in [-0.25, -0.2) is 4.98 Å². The predicted molar refractivity (Wildman–Crippen MR) is 124 cm³/mol. The Balaban J connectivity index is 1.55. The van der Waals surface area contributed by atoms with Crippen molar-refractivity contribution in [3.8, 4) is 16.9 Å². The molecule has 1 N–H and O–H groups in total. The fourth-order valence-corrected chi connectivity index (χ4v) is 3.71. The SMILES string of the molecule is CC(C)(C)C1CN(c2ncc(C(=O)Nc3ccc(OC(F)(F)F)cc3)cc2-c2cccnc2)C1. The van der Waals surface area contributed by atoms with Crippen LogP contribution in [0.2, 0.25) is 0 Å². The van der Waals surface area contributed by atoms with Gasteiger partial charge in [-0.1, -0.05) is 26.8 Å². The lowest BCUT2D eigenvalue weighted by Crippen LogP contribution is -2.52. The maximum Gasteiger partial charge on any atom is 0.573 e. The second kappa shape index (κ2) is 8.96. The molecule has 1 aliphatic heterocycles. The number of amides is 1.